The normalized spacial score (nSPS) is 12.8. The minimum atomic E-state index is -1.65. The van der Waals surface area contributed by atoms with Gasteiger partial charge in [0.25, 0.3) is 0 Å². The minimum absolute atomic E-state index is 0.0886. The molecule has 160 valence electrons. The fourth-order valence-corrected chi connectivity index (χ4v) is 4.31. The first-order chi connectivity index (χ1) is 15.4. The van der Waals surface area contributed by atoms with Crippen LogP contribution in [0.3, 0.4) is 0 Å². The van der Waals surface area contributed by atoms with E-state index in [1.807, 2.05) is 60.7 Å². The summed E-state index contributed by atoms with van der Waals surface area (Å²) in [5.74, 6) is -0.528. The second-order valence-corrected chi connectivity index (χ2v) is 8.03. The zero-order chi connectivity index (χ0) is 22.7. The number of ketones is 1. The van der Waals surface area contributed by atoms with Gasteiger partial charge in [0.2, 0.25) is 0 Å². The van der Waals surface area contributed by atoms with Crippen LogP contribution in [0.15, 0.2) is 91.0 Å². The van der Waals surface area contributed by atoms with Gasteiger partial charge in [0.15, 0.2) is 5.78 Å². The average Bonchev–Trinajstić information content (AvgIpc) is 2.79. The van der Waals surface area contributed by atoms with E-state index < -0.39 is 11.5 Å². The van der Waals surface area contributed by atoms with Crippen molar-refractivity contribution >= 4 is 34.1 Å². The highest BCUT2D eigenvalue weighted by Crippen LogP contribution is 2.42. The number of hydrogen-bond donors (Lipinski definition) is 1. The maximum Gasteiger partial charge on any atom is 0.308 e. The smallest absolute Gasteiger partial charge is 0.308 e. The number of carbonyl (C=O) groups is 2. The summed E-state index contributed by atoms with van der Waals surface area (Å²) >= 11 is 6.57. The minimum Gasteiger partial charge on any atom is -0.426 e. The molecule has 0 saturated heterocycles. The van der Waals surface area contributed by atoms with Crippen LogP contribution < -0.4 is 10.5 Å². The van der Waals surface area contributed by atoms with Crippen molar-refractivity contribution in [3.05, 3.63) is 113 Å². The average molecular weight is 444 g/mol. The first-order valence-corrected chi connectivity index (χ1v) is 10.6. The Morgan fingerprint density at radius 1 is 0.875 bits per heavy atom. The van der Waals surface area contributed by atoms with Crippen LogP contribution in [0.4, 0.5) is 0 Å². The number of fused-ring (bicyclic) bond motifs is 1. The molecule has 4 aromatic rings. The van der Waals surface area contributed by atoms with Crippen molar-refractivity contribution in [1.29, 1.82) is 0 Å². The van der Waals surface area contributed by atoms with E-state index in [1.165, 1.54) is 6.92 Å². The Kier molecular flexibility index (Phi) is 6.08. The van der Waals surface area contributed by atoms with Gasteiger partial charge in [-0.2, -0.15) is 0 Å². The molecule has 0 aromatic heterocycles. The molecular formula is C27H22ClNO3. The Labute approximate surface area is 191 Å². The maximum absolute atomic E-state index is 13.9. The monoisotopic (exact) mass is 443 g/mol. The van der Waals surface area contributed by atoms with Crippen LogP contribution in [0.2, 0.25) is 5.02 Å². The molecule has 0 radical (unpaired) electrons. The van der Waals surface area contributed by atoms with Crippen LogP contribution in [0, 0.1) is 0 Å². The lowest BCUT2D eigenvalue weighted by molar-refractivity contribution is -0.132. The van der Waals surface area contributed by atoms with Crippen molar-refractivity contribution in [3.8, 4) is 5.75 Å². The van der Waals surface area contributed by atoms with E-state index in [9.17, 15) is 9.59 Å². The summed E-state index contributed by atoms with van der Waals surface area (Å²) in [5, 5.41) is 1.95. The SMILES string of the molecule is CC(=O)Oc1ccc2ccccc2c1C(N)(C(=O)Cc1ccccc1)c1ccccc1Cl. The van der Waals surface area contributed by atoms with Crippen molar-refractivity contribution in [2.75, 3.05) is 0 Å². The Morgan fingerprint density at radius 2 is 1.53 bits per heavy atom. The third-order valence-corrected chi connectivity index (χ3v) is 5.81. The highest BCUT2D eigenvalue weighted by Gasteiger charge is 2.42. The fourth-order valence-electron chi connectivity index (χ4n) is 4.02. The first-order valence-electron chi connectivity index (χ1n) is 10.2. The lowest BCUT2D eigenvalue weighted by Crippen LogP contribution is -2.47. The van der Waals surface area contributed by atoms with Crippen LogP contribution in [0.5, 0.6) is 5.75 Å². The summed E-state index contributed by atoms with van der Waals surface area (Å²) in [5.41, 5.74) is 7.09. The van der Waals surface area contributed by atoms with E-state index in [0.717, 1.165) is 16.3 Å². The molecule has 0 saturated carbocycles. The van der Waals surface area contributed by atoms with Gasteiger partial charge in [-0.1, -0.05) is 90.5 Å². The summed E-state index contributed by atoms with van der Waals surface area (Å²) in [6.45, 7) is 1.32. The van der Waals surface area contributed by atoms with Gasteiger partial charge in [-0.25, -0.2) is 0 Å². The third kappa shape index (κ3) is 4.03. The number of carbonyl (C=O) groups excluding carboxylic acids is 2. The van der Waals surface area contributed by atoms with E-state index >= 15 is 0 Å². The fraction of sp³-hybridized carbons (Fsp3) is 0.111. The number of Topliss-reactive ketones (excluding diaryl/α,β-unsaturated/α-hetero) is 1. The van der Waals surface area contributed by atoms with Gasteiger partial charge < -0.3 is 10.5 Å². The van der Waals surface area contributed by atoms with Gasteiger partial charge in [-0.15, -0.1) is 0 Å². The van der Waals surface area contributed by atoms with Crippen molar-refractivity contribution in [2.24, 2.45) is 5.73 Å². The van der Waals surface area contributed by atoms with Gasteiger partial charge in [-0.3, -0.25) is 9.59 Å². The van der Waals surface area contributed by atoms with Gasteiger partial charge >= 0.3 is 5.97 Å². The predicted molar refractivity (Wildman–Crippen MR) is 127 cm³/mol. The van der Waals surface area contributed by atoms with E-state index in [2.05, 4.69) is 0 Å². The second-order valence-electron chi connectivity index (χ2n) is 7.63. The van der Waals surface area contributed by atoms with Crippen LogP contribution >= 0.6 is 11.6 Å². The number of hydrogen-bond acceptors (Lipinski definition) is 4. The zero-order valence-corrected chi connectivity index (χ0v) is 18.3. The van der Waals surface area contributed by atoms with Crippen molar-refractivity contribution < 1.29 is 14.3 Å². The molecule has 0 amide bonds. The van der Waals surface area contributed by atoms with Gasteiger partial charge in [0, 0.05) is 29.5 Å². The van der Waals surface area contributed by atoms with Crippen molar-refractivity contribution in [3.63, 3.8) is 0 Å². The molecule has 0 bridgehead atoms. The molecule has 2 N–H and O–H groups in total. The van der Waals surface area contributed by atoms with Crippen LogP contribution in [0.25, 0.3) is 10.8 Å². The summed E-state index contributed by atoms with van der Waals surface area (Å²) in [6, 6.07) is 27.5. The Hall–Kier alpha value is -3.47. The molecule has 0 spiro atoms. The lowest BCUT2D eigenvalue weighted by Gasteiger charge is -2.32. The molecule has 5 heteroatoms. The molecule has 4 rings (SSSR count). The van der Waals surface area contributed by atoms with Gasteiger partial charge in [0.1, 0.15) is 11.3 Å². The quantitative estimate of drug-likeness (QED) is 0.318. The number of halogens is 1. The Bertz CT molecular complexity index is 1300. The zero-order valence-electron chi connectivity index (χ0n) is 17.5. The maximum atomic E-state index is 13.9. The van der Waals surface area contributed by atoms with E-state index in [-0.39, 0.29) is 18.0 Å². The number of benzene rings is 4. The molecule has 0 aliphatic carbocycles. The number of nitrogens with two attached hydrogens (primary N) is 1. The van der Waals surface area contributed by atoms with Crippen LogP contribution in [-0.4, -0.2) is 11.8 Å². The molecular weight excluding hydrogens is 422 g/mol. The molecule has 0 fully saturated rings. The second kappa shape index (κ2) is 8.95. The van der Waals surface area contributed by atoms with Gasteiger partial charge in [-0.05, 0) is 28.5 Å². The number of esters is 1. The summed E-state index contributed by atoms with van der Waals surface area (Å²) in [6.07, 6.45) is 0.0886. The predicted octanol–water partition coefficient (Wildman–Crippen LogP) is 5.43. The van der Waals surface area contributed by atoms with Gasteiger partial charge in [0.05, 0.1) is 0 Å². The molecule has 0 aliphatic heterocycles. The molecule has 0 heterocycles. The summed E-state index contributed by atoms with van der Waals surface area (Å²) in [7, 11) is 0. The highest BCUT2D eigenvalue weighted by molar-refractivity contribution is 6.32. The topological polar surface area (TPSA) is 69.4 Å². The molecule has 32 heavy (non-hydrogen) atoms. The number of ether oxygens (including phenoxy) is 1. The third-order valence-electron chi connectivity index (χ3n) is 5.48. The van der Waals surface area contributed by atoms with Crippen molar-refractivity contribution in [1.82, 2.24) is 0 Å². The van der Waals surface area contributed by atoms with Crippen LogP contribution in [0.1, 0.15) is 23.6 Å². The van der Waals surface area contributed by atoms with E-state index in [0.29, 0.717) is 16.1 Å². The molecule has 0 aliphatic rings. The summed E-state index contributed by atoms with van der Waals surface area (Å²) in [4.78, 5) is 25.9. The van der Waals surface area contributed by atoms with E-state index in [4.69, 9.17) is 22.1 Å². The molecule has 1 unspecified atom stereocenters. The largest absolute Gasteiger partial charge is 0.426 e. The Morgan fingerprint density at radius 3 is 2.25 bits per heavy atom. The molecule has 1 atom stereocenters. The molecule has 4 aromatic carbocycles. The standard InChI is InChI=1S/C27H22ClNO3/c1-18(30)32-24-16-15-20-11-5-6-12-21(20)26(24)27(29,22-13-7-8-14-23(22)28)25(31)17-19-9-3-2-4-10-19/h2-16H,17,29H2,1H3. The lowest BCUT2D eigenvalue weighted by atomic mass is 9.76. The Balaban J connectivity index is 2.03. The van der Waals surface area contributed by atoms with E-state index in [1.54, 1.807) is 30.3 Å². The highest BCUT2D eigenvalue weighted by atomic mass is 35.5. The summed E-state index contributed by atoms with van der Waals surface area (Å²) < 4.78 is 5.55. The molecule has 4 nitrogen and oxygen atoms in total. The van der Waals surface area contributed by atoms with Crippen molar-refractivity contribution in [2.45, 2.75) is 18.9 Å². The number of rotatable bonds is 6. The van der Waals surface area contributed by atoms with Crippen LogP contribution in [-0.2, 0) is 21.5 Å². The first kappa shape index (κ1) is 21.8.